The number of carbonyl (C=O) groups excluding carboxylic acids is 1. The normalized spacial score (nSPS) is 9.74. The molecule has 5 nitrogen and oxygen atoms in total. The van der Waals surface area contributed by atoms with Gasteiger partial charge in [-0.3, -0.25) is 0 Å². The van der Waals surface area contributed by atoms with Gasteiger partial charge in [0.15, 0.2) is 6.73 Å². The van der Waals surface area contributed by atoms with Crippen LogP contribution in [0.1, 0.15) is 12.5 Å². The van der Waals surface area contributed by atoms with E-state index in [1.165, 1.54) is 0 Å². The number of benzene rings is 2. The van der Waals surface area contributed by atoms with Crippen molar-refractivity contribution in [3.05, 3.63) is 54.1 Å². The van der Waals surface area contributed by atoms with Crippen molar-refractivity contribution in [3.63, 3.8) is 0 Å². The highest BCUT2D eigenvalue weighted by atomic mass is 32.2. The molecule has 0 spiro atoms. The minimum absolute atomic E-state index is 0.0885. The molecule has 2 aromatic carbocycles. The molecule has 23 heavy (non-hydrogen) atoms. The van der Waals surface area contributed by atoms with Gasteiger partial charge in [-0.05, 0) is 54.1 Å². The lowest BCUT2D eigenvalue weighted by Gasteiger charge is -2.12. The van der Waals surface area contributed by atoms with E-state index in [1.807, 2.05) is 29.7 Å². The fourth-order valence-electron chi connectivity index (χ4n) is 1.95. The standard InChI is InChI=1S/C17H17N3O2S/c1-2-13-5-3-4-6-16(13)22-12-19-17(21)20-14-7-9-15(10-8-14)23-11-18/h3-10H,2,12H2,1H3,(H2,19,20,21). The maximum atomic E-state index is 11.8. The number of nitrogens with one attached hydrogen (secondary N) is 2. The first-order valence-corrected chi connectivity index (χ1v) is 7.96. The minimum Gasteiger partial charge on any atom is -0.473 e. The molecule has 0 saturated heterocycles. The van der Waals surface area contributed by atoms with E-state index >= 15 is 0 Å². The molecule has 0 saturated carbocycles. The number of nitriles is 1. The first-order chi connectivity index (χ1) is 11.2. The SMILES string of the molecule is CCc1ccccc1OCNC(=O)Nc1ccc(SC#N)cc1. The van der Waals surface area contributed by atoms with Crippen molar-refractivity contribution >= 4 is 23.5 Å². The van der Waals surface area contributed by atoms with E-state index in [0.717, 1.165) is 34.4 Å². The maximum Gasteiger partial charge on any atom is 0.321 e. The van der Waals surface area contributed by atoms with Gasteiger partial charge in [0.2, 0.25) is 0 Å². The first kappa shape index (κ1) is 16.7. The Bertz CT molecular complexity index is 696. The molecule has 2 aromatic rings. The average molecular weight is 327 g/mol. The number of amides is 2. The summed E-state index contributed by atoms with van der Waals surface area (Å²) in [5.74, 6) is 0.771. The Labute approximate surface area is 139 Å². The van der Waals surface area contributed by atoms with Gasteiger partial charge in [-0.25, -0.2) is 4.79 Å². The number of thioether (sulfide) groups is 1. The zero-order valence-corrected chi connectivity index (χ0v) is 13.5. The molecule has 0 atom stereocenters. The summed E-state index contributed by atoms with van der Waals surface area (Å²) in [5, 5.41) is 15.9. The number of urea groups is 1. The van der Waals surface area contributed by atoms with Crippen LogP contribution < -0.4 is 15.4 Å². The molecule has 0 aliphatic heterocycles. The zero-order chi connectivity index (χ0) is 16.5. The highest BCUT2D eigenvalue weighted by Gasteiger charge is 2.04. The summed E-state index contributed by atoms with van der Waals surface area (Å²) in [5.41, 5.74) is 1.75. The molecule has 0 fully saturated rings. The second-order valence-electron chi connectivity index (χ2n) is 4.60. The molecule has 2 N–H and O–H groups in total. The predicted molar refractivity (Wildman–Crippen MR) is 91.4 cm³/mol. The monoisotopic (exact) mass is 327 g/mol. The van der Waals surface area contributed by atoms with Crippen molar-refractivity contribution in [1.29, 1.82) is 5.26 Å². The zero-order valence-electron chi connectivity index (χ0n) is 12.7. The molecule has 2 amide bonds. The fourth-order valence-corrected chi connectivity index (χ4v) is 2.33. The molecule has 6 heteroatoms. The van der Waals surface area contributed by atoms with Gasteiger partial charge in [0, 0.05) is 10.6 Å². The lowest BCUT2D eigenvalue weighted by atomic mass is 10.1. The largest absolute Gasteiger partial charge is 0.473 e. The lowest BCUT2D eigenvalue weighted by molar-refractivity contribution is 0.234. The number of ether oxygens (including phenoxy) is 1. The van der Waals surface area contributed by atoms with E-state index in [4.69, 9.17) is 10.00 Å². The van der Waals surface area contributed by atoms with Crippen LogP contribution in [0.25, 0.3) is 0 Å². The number of para-hydroxylation sites is 1. The van der Waals surface area contributed by atoms with Gasteiger partial charge in [0.05, 0.1) is 0 Å². The highest BCUT2D eigenvalue weighted by Crippen LogP contribution is 2.19. The van der Waals surface area contributed by atoms with Gasteiger partial charge in [0.25, 0.3) is 0 Å². The first-order valence-electron chi connectivity index (χ1n) is 7.14. The summed E-state index contributed by atoms with van der Waals surface area (Å²) in [6, 6.07) is 14.4. The number of rotatable bonds is 6. The summed E-state index contributed by atoms with van der Waals surface area (Å²) in [6.45, 7) is 2.14. The molecule has 0 aliphatic carbocycles. The molecule has 0 aromatic heterocycles. The maximum absolute atomic E-state index is 11.8. The van der Waals surface area contributed by atoms with Crippen LogP contribution in [0.2, 0.25) is 0 Å². The molecule has 0 aliphatic rings. The second-order valence-corrected chi connectivity index (χ2v) is 5.46. The smallest absolute Gasteiger partial charge is 0.321 e. The number of carbonyl (C=O) groups is 1. The van der Waals surface area contributed by atoms with Crippen molar-refractivity contribution in [1.82, 2.24) is 5.32 Å². The Morgan fingerprint density at radius 2 is 1.96 bits per heavy atom. The van der Waals surface area contributed by atoms with Crippen LogP contribution in [0, 0.1) is 10.7 Å². The van der Waals surface area contributed by atoms with Crippen molar-refractivity contribution in [2.75, 3.05) is 12.0 Å². The van der Waals surface area contributed by atoms with Gasteiger partial charge >= 0.3 is 6.03 Å². The Kier molecular flexibility index (Phi) is 6.33. The molecule has 118 valence electrons. The average Bonchev–Trinajstić information content (AvgIpc) is 2.57. The Hall–Kier alpha value is -2.65. The number of nitrogens with zero attached hydrogens (tertiary/aromatic N) is 1. The number of anilines is 1. The van der Waals surface area contributed by atoms with E-state index in [-0.39, 0.29) is 12.8 Å². The van der Waals surface area contributed by atoms with Crippen LogP contribution in [0.15, 0.2) is 53.4 Å². The second kappa shape index (κ2) is 8.71. The van der Waals surface area contributed by atoms with E-state index in [0.29, 0.717) is 5.69 Å². The van der Waals surface area contributed by atoms with Gasteiger partial charge in [0.1, 0.15) is 11.2 Å². The number of hydrogen-bond acceptors (Lipinski definition) is 4. The van der Waals surface area contributed by atoms with Crippen LogP contribution in [0.3, 0.4) is 0 Å². The van der Waals surface area contributed by atoms with Crippen molar-refractivity contribution in [3.8, 4) is 11.2 Å². The van der Waals surface area contributed by atoms with Crippen LogP contribution in [-0.2, 0) is 6.42 Å². The number of aryl methyl sites for hydroxylation is 1. The van der Waals surface area contributed by atoms with Crippen molar-refractivity contribution in [2.45, 2.75) is 18.2 Å². The van der Waals surface area contributed by atoms with E-state index in [2.05, 4.69) is 17.6 Å². The summed E-state index contributed by atoms with van der Waals surface area (Å²) in [4.78, 5) is 12.6. The third-order valence-corrected chi connectivity index (χ3v) is 3.69. The molecular weight excluding hydrogens is 310 g/mol. The molecule has 0 heterocycles. The van der Waals surface area contributed by atoms with Crippen molar-refractivity contribution < 1.29 is 9.53 Å². The molecular formula is C17H17N3O2S. The highest BCUT2D eigenvalue weighted by molar-refractivity contribution is 8.03. The Morgan fingerprint density at radius 3 is 2.65 bits per heavy atom. The third-order valence-electron chi connectivity index (χ3n) is 3.09. The molecule has 0 unspecified atom stereocenters. The summed E-state index contributed by atoms with van der Waals surface area (Å²) >= 11 is 1.08. The third kappa shape index (κ3) is 5.24. The molecule has 0 radical (unpaired) electrons. The molecule has 0 bridgehead atoms. The predicted octanol–water partition coefficient (Wildman–Crippen LogP) is 3.98. The van der Waals surface area contributed by atoms with E-state index in [1.54, 1.807) is 24.3 Å². The van der Waals surface area contributed by atoms with Gasteiger partial charge in [-0.15, -0.1) is 0 Å². The van der Waals surface area contributed by atoms with E-state index < -0.39 is 0 Å². The van der Waals surface area contributed by atoms with E-state index in [9.17, 15) is 4.79 Å². The Balaban J connectivity index is 1.80. The summed E-state index contributed by atoms with van der Waals surface area (Å²) in [6.07, 6.45) is 0.870. The van der Waals surface area contributed by atoms with Crippen LogP contribution in [0.5, 0.6) is 5.75 Å². The van der Waals surface area contributed by atoms with Gasteiger partial charge < -0.3 is 15.4 Å². The summed E-state index contributed by atoms with van der Waals surface area (Å²) in [7, 11) is 0. The van der Waals surface area contributed by atoms with Crippen LogP contribution in [-0.4, -0.2) is 12.8 Å². The number of thiocyanates is 1. The quantitative estimate of drug-likeness (QED) is 0.478. The van der Waals surface area contributed by atoms with Gasteiger partial charge in [-0.1, -0.05) is 25.1 Å². The summed E-state index contributed by atoms with van der Waals surface area (Å²) < 4.78 is 5.58. The fraction of sp³-hybridized carbons (Fsp3) is 0.176. The van der Waals surface area contributed by atoms with Crippen molar-refractivity contribution in [2.24, 2.45) is 0 Å². The number of hydrogen-bond donors (Lipinski definition) is 2. The van der Waals surface area contributed by atoms with Crippen LogP contribution in [0.4, 0.5) is 10.5 Å². The molecule has 2 rings (SSSR count). The topological polar surface area (TPSA) is 74.2 Å². The lowest BCUT2D eigenvalue weighted by Crippen LogP contribution is -2.32. The van der Waals surface area contributed by atoms with Gasteiger partial charge in [-0.2, -0.15) is 5.26 Å². The minimum atomic E-state index is -0.348. The Morgan fingerprint density at radius 1 is 1.22 bits per heavy atom. The van der Waals surface area contributed by atoms with Crippen LogP contribution >= 0.6 is 11.8 Å².